The fourth-order valence-electron chi connectivity index (χ4n) is 2.21. The van der Waals surface area contributed by atoms with Gasteiger partial charge in [0.2, 0.25) is 12.7 Å². The summed E-state index contributed by atoms with van der Waals surface area (Å²) in [7, 11) is 0. The zero-order chi connectivity index (χ0) is 12.5. The zero-order valence-corrected chi connectivity index (χ0v) is 10.4. The number of ether oxygens (including phenoxy) is 2. The molecule has 1 saturated carbocycles. The van der Waals surface area contributed by atoms with Crippen LogP contribution in [0.3, 0.4) is 0 Å². The molecule has 3 rings (SSSR count). The van der Waals surface area contributed by atoms with E-state index in [4.69, 9.17) is 9.47 Å². The number of carbonyl (C=O) groups is 1. The SMILES string of the molecule is CC(C(=O)NCc1ccc2c(c1)OCO2)C1CC1. The van der Waals surface area contributed by atoms with Crippen molar-refractivity contribution in [3.63, 3.8) is 0 Å². The minimum Gasteiger partial charge on any atom is -0.454 e. The van der Waals surface area contributed by atoms with Gasteiger partial charge in [-0.05, 0) is 36.5 Å². The van der Waals surface area contributed by atoms with Crippen LogP contribution >= 0.6 is 0 Å². The fourth-order valence-corrected chi connectivity index (χ4v) is 2.21. The Morgan fingerprint density at radius 2 is 2.17 bits per heavy atom. The van der Waals surface area contributed by atoms with Gasteiger partial charge in [0.05, 0.1) is 0 Å². The third-order valence-corrected chi connectivity index (χ3v) is 3.65. The lowest BCUT2D eigenvalue weighted by Gasteiger charge is -2.11. The number of hydrogen-bond donors (Lipinski definition) is 1. The molecule has 0 bridgehead atoms. The summed E-state index contributed by atoms with van der Waals surface area (Å²) in [5.74, 6) is 2.42. The summed E-state index contributed by atoms with van der Waals surface area (Å²) in [5, 5.41) is 2.98. The van der Waals surface area contributed by atoms with Gasteiger partial charge in [-0.25, -0.2) is 0 Å². The lowest BCUT2D eigenvalue weighted by atomic mass is 10.1. The molecular weight excluding hydrogens is 230 g/mol. The second-order valence-corrected chi connectivity index (χ2v) is 5.03. The molecule has 0 radical (unpaired) electrons. The van der Waals surface area contributed by atoms with Crippen LogP contribution in [0.5, 0.6) is 11.5 Å². The second kappa shape index (κ2) is 4.52. The van der Waals surface area contributed by atoms with Crippen LogP contribution < -0.4 is 14.8 Å². The highest BCUT2D eigenvalue weighted by Gasteiger charge is 2.32. The standard InChI is InChI=1S/C14H17NO3/c1-9(11-3-4-11)14(16)15-7-10-2-5-12-13(6-10)18-8-17-12/h2,5-6,9,11H,3-4,7-8H2,1H3,(H,15,16). The normalized spacial score (nSPS) is 18.5. The quantitative estimate of drug-likeness (QED) is 0.886. The average Bonchev–Trinajstić information content (AvgIpc) is 3.13. The predicted octanol–water partition coefficient (Wildman–Crippen LogP) is 2.08. The van der Waals surface area contributed by atoms with E-state index in [2.05, 4.69) is 5.32 Å². The van der Waals surface area contributed by atoms with Crippen LogP contribution in [0.4, 0.5) is 0 Å². The fraction of sp³-hybridized carbons (Fsp3) is 0.500. The summed E-state index contributed by atoms with van der Waals surface area (Å²) < 4.78 is 10.6. The number of nitrogens with one attached hydrogen (secondary N) is 1. The highest BCUT2D eigenvalue weighted by Crippen LogP contribution is 2.36. The maximum Gasteiger partial charge on any atom is 0.231 e. The van der Waals surface area contributed by atoms with Gasteiger partial charge in [-0.3, -0.25) is 4.79 Å². The van der Waals surface area contributed by atoms with Gasteiger partial charge in [0.1, 0.15) is 0 Å². The average molecular weight is 247 g/mol. The molecule has 1 fully saturated rings. The molecule has 1 aromatic rings. The van der Waals surface area contributed by atoms with E-state index in [1.165, 1.54) is 12.8 Å². The molecule has 1 N–H and O–H groups in total. The van der Waals surface area contributed by atoms with Crippen molar-refractivity contribution in [2.24, 2.45) is 11.8 Å². The molecular formula is C14H17NO3. The predicted molar refractivity (Wildman–Crippen MR) is 66.3 cm³/mol. The van der Waals surface area contributed by atoms with Crippen LogP contribution in [0, 0.1) is 11.8 Å². The van der Waals surface area contributed by atoms with E-state index in [1.807, 2.05) is 25.1 Å². The lowest BCUT2D eigenvalue weighted by molar-refractivity contribution is -0.125. The van der Waals surface area contributed by atoms with E-state index < -0.39 is 0 Å². The Morgan fingerprint density at radius 1 is 1.39 bits per heavy atom. The summed E-state index contributed by atoms with van der Waals surface area (Å²) in [6.07, 6.45) is 2.39. The maximum absolute atomic E-state index is 11.9. The number of rotatable bonds is 4. The van der Waals surface area contributed by atoms with Gasteiger partial charge in [-0.1, -0.05) is 13.0 Å². The summed E-state index contributed by atoms with van der Waals surface area (Å²) in [4.78, 5) is 11.9. The van der Waals surface area contributed by atoms with Crippen molar-refractivity contribution in [1.29, 1.82) is 0 Å². The molecule has 1 aromatic carbocycles. The molecule has 0 spiro atoms. The van der Waals surface area contributed by atoms with Gasteiger partial charge in [0, 0.05) is 12.5 Å². The number of amides is 1. The molecule has 2 aliphatic rings. The molecule has 1 atom stereocenters. The molecule has 1 unspecified atom stereocenters. The summed E-state index contributed by atoms with van der Waals surface area (Å²) in [6, 6.07) is 5.76. The first-order valence-electron chi connectivity index (χ1n) is 6.40. The van der Waals surface area contributed by atoms with Crippen molar-refractivity contribution in [3.8, 4) is 11.5 Å². The second-order valence-electron chi connectivity index (χ2n) is 5.03. The van der Waals surface area contributed by atoms with Crippen molar-refractivity contribution in [3.05, 3.63) is 23.8 Å². The topological polar surface area (TPSA) is 47.6 Å². The minimum absolute atomic E-state index is 0.138. The van der Waals surface area contributed by atoms with Gasteiger partial charge in [-0.15, -0.1) is 0 Å². The largest absolute Gasteiger partial charge is 0.454 e. The first-order valence-corrected chi connectivity index (χ1v) is 6.40. The zero-order valence-electron chi connectivity index (χ0n) is 10.4. The Morgan fingerprint density at radius 3 is 2.94 bits per heavy atom. The smallest absolute Gasteiger partial charge is 0.231 e. The van der Waals surface area contributed by atoms with Crippen molar-refractivity contribution < 1.29 is 14.3 Å². The van der Waals surface area contributed by atoms with Crippen LogP contribution in [-0.2, 0) is 11.3 Å². The molecule has 0 saturated heterocycles. The number of carbonyl (C=O) groups excluding carboxylic acids is 1. The van der Waals surface area contributed by atoms with E-state index >= 15 is 0 Å². The van der Waals surface area contributed by atoms with Crippen LogP contribution in [0.15, 0.2) is 18.2 Å². The lowest BCUT2D eigenvalue weighted by Crippen LogP contribution is -2.29. The van der Waals surface area contributed by atoms with Gasteiger partial charge in [0.15, 0.2) is 11.5 Å². The number of hydrogen-bond acceptors (Lipinski definition) is 3. The third-order valence-electron chi connectivity index (χ3n) is 3.65. The van der Waals surface area contributed by atoms with Crippen molar-refractivity contribution in [2.45, 2.75) is 26.3 Å². The van der Waals surface area contributed by atoms with Crippen LogP contribution in [-0.4, -0.2) is 12.7 Å². The van der Waals surface area contributed by atoms with Crippen molar-refractivity contribution in [2.75, 3.05) is 6.79 Å². The first-order chi connectivity index (χ1) is 8.74. The molecule has 96 valence electrons. The molecule has 1 amide bonds. The minimum atomic E-state index is 0.138. The molecule has 1 aliphatic heterocycles. The summed E-state index contributed by atoms with van der Waals surface area (Å²) in [5.41, 5.74) is 1.04. The Hall–Kier alpha value is -1.71. The molecule has 0 aromatic heterocycles. The van der Waals surface area contributed by atoms with Gasteiger partial charge < -0.3 is 14.8 Å². The van der Waals surface area contributed by atoms with E-state index in [0.29, 0.717) is 12.5 Å². The summed E-state index contributed by atoms with van der Waals surface area (Å²) in [6.45, 7) is 2.84. The molecule has 1 aliphatic carbocycles. The van der Waals surface area contributed by atoms with E-state index in [9.17, 15) is 4.79 Å². The van der Waals surface area contributed by atoms with Crippen LogP contribution in [0.25, 0.3) is 0 Å². The highest BCUT2D eigenvalue weighted by molar-refractivity contribution is 5.78. The highest BCUT2D eigenvalue weighted by atomic mass is 16.7. The van der Waals surface area contributed by atoms with E-state index in [0.717, 1.165) is 17.1 Å². The molecule has 18 heavy (non-hydrogen) atoms. The molecule has 4 nitrogen and oxygen atoms in total. The molecule has 1 heterocycles. The van der Waals surface area contributed by atoms with E-state index in [1.54, 1.807) is 0 Å². The molecule has 4 heteroatoms. The number of benzene rings is 1. The van der Waals surface area contributed by atoms with Crippen LogP contribution in [0.1, 0.15) is 25.3 Å². The maximum atomic E-state index is 11.9. The van der Waals surface area contributed by atoms with Gasteiger partial charge >= 0.3 is 0 Å². The van der Waals surface area contributed by atoms with Gasteiger partial charge in [0.25, 0.3) is 0 Å². The Labute approximate surface area is 106 Å². The summed E-state index contributed by atoms with van der Waals surface area (Å²) >= 11 is 0. The Bertz CT molecular complexity index is 468. The van der Waals surface area contributed by atoms with Crippen molar-refractivity contribution in [1.82, 2.24) is 5.32 Å². The monoisotopic (exact) mass is 247 g/mol. The van der Waals surface area contributed by atoms with Gasteiger partial charge in [-0.2, -0.15) is 0 Å². The Balaban J connectivity index is 1.58. The third kappa shape index (κ3) is 2.28. The van der Waals surface area contributed by atoms with E-state index in [-0.39, 0.29) is 18.6 Å². The first kappa shape index (κ1) is 11.4. The number of fused-ring (bicyclic) bond motifs is 1. The van der Waals surface area contributed by atoms with Crippen LogP contribution in [0.2, 0.25) is 0 Å². The van der Waals surface area contributed by atoms with Crippen molar-refractivity contribution >= 4 is 5.91 Å². The Kier molecular flexibility index (Phi) is 2.86.